The van der Waals surface area contributed by atoms with Crippen LogP contribution in [-0.4, -0.2) is 17.0 Å². The van der Waals surface area contributed by atoms with E-state index in [9.17, 15) is 0 Å². The molecule has 1 N–H and O–H groups in total. The smallest absolute Gasteiger partial charge is 1.00 e. The van der Waals surface area contributed by atoms with Gasteiger partial charge in [-0.1, -0.05) is 87.5 Å². The number of nitrogens with one attached hydrogen (secondary N) is 1. The second-order valence-electron chi connectivity index (χ2n) is 6.53. The molecule has 0 aliphatic heterocycles. The van der Waals surface area contributed by atoms with E-state index in [0.717, 1.165) is 0 Å². The van der Waals surface area contributed by atoms with E-state index in [-0.39, 0.29) is 78.4 Å². The predicted molar refractivity (Wildman–Crippen MR) is 120 cm³/mol. The molecule has 0 saturated carbocycles. The SMILES string of the molecule is CC(C)[NH-].CC1=[C-]C(C)c2c1c1ccccc1c1ccccc21.[CH3-].[CH3-].[Cl-].[Cl-].[Si].[Ti+2]. The molecule has 156 valence electrons. The van der Waals surface area contributed by atoms with E-state index in [2.05, 4.69) is 68.5 Å². The summed E-state index contributed by atoms with van der Waals surface area (Å²) in [5, 5.41) is 5.46. The number of rotatable bonds is 0. The van der Waals surface area contributed by atoms with Crippen LogP contribution >= 0.6 is 0 Å². The van der Waals surface area contributed by atoms with Gasteiger partial charge >= 0.3 is 21.7 Å². The van der Waals surface area contributed by atoms with Gasteiger partial charge in [-0.15, -0.1) is 11.6 Å². The van der Waals surface area contributed by atoms with Gasteiger partial charge in [0.25, 0.3) is 0 Å². The van der Waals surface area contributed by atoms with Gasteiger partial charge in [0.1, 0.15) is 0 Å². The van der Waals surface area contributed by atoms with E-state index >= 15 is 0 Å². The summed E-state index contributed by atoms with van der Waals surface area (Å²) in [7, 11) is 0. The third kappa shape index (κ3) is 7.24. The van der Waals surface area contributed by atoms with Crippen LogP contribution in [0.4, 0.5) is 0 Å². The van der Waals surface area contributed by atoms with E-state index in [1.54, 1.807) is 0 Å². The minimum atomic E-state index is 0. The predicted octanol–water partition coefficient (Wildman–Crippen LogP) is 1.29. The van der Waals surface area contributed by atoms with E-state index in [1.807, 2.05) is 13.8 Å². The van der Waals surface area contributed by atoms with Crippen LogP contribution < -0.4 is 24.8 Å². The number of allylic oxidation sites excluding steroid dienone is 2. The summed E-state index contributed by atoms with van der Waals surface area (Å²) in [6.45, 7) is 8.10. The maximum absolute atomic E-state index is 6.58. The Kier molecular flexibility index (Phi) is 18.8. The number of fused-ring (bicyclic) bond motifs is 6. The average Bonchev–Trinajstić information content (AvgIpc) is 2.82. The molecule has 0 fully saturated rings. The number of halogens is 2. The van der Waals surface area contributed by atoms with Gasteiger partial charge in [0, 0.05) is 11.0 Å². The number of hydrogen-bond acceptors (Lipinski definition) is 0. The van der Waals surface area contributed by atoms with Crippen LogP contribution in [0.25, 0.3) is 32.9 Å². The first-order valence-corrected chi connectivity index (χ1v) is 8.25. The molecule has 0 saturated heterocycles. The van der Waals surface area contributed by atoms with Crippen LogP contribution in [0.15, 0.2) is 48.5 Å². The molecule has 4 radical (unpaired) electrons. The molecule has 1 aliphatic rings. The molecule has 1 aliphatic carbocycles. The number of benzene rings is 3. The number of hydrogen-bond donors (Lipinski definition) is 0. The van der Waals surface area contributed by atoms with Crippen molar-refractivity contribution in [2.75, 3.05) is 0 Å². The molecule has 29 heavy (non-hydrogen) atoms. The molecule has 0 spiro atoms. The van der Waals surface area contributed by atoms with Crippen LogP contribution in [-0.2, 0) is 21.7 Å². The zero-order valence-electron chi connectivity index (χ0n) is 18.0. The van der Waals surface area contributed by atoms with Crippen molar-refractivity contribution in [3.63, 3.8) is 0 Å². The molecule has 0 amide bonds. The standard InChI is InChI=1S/C19H15.C3H8N.2CH3.2ClH.Si.Ti/c1-12-11-13(2)19-17-10-6-4-8-15(17)14-7-3-5-9-16(14)18(12)19;1-3(2)4;;;;;;/h3-10,12H,1-2H3;3-4H,1-2H3;2*1H3;2*1H;;/q4*-1;;;;+2/p-2. The van der Waals surface area contributed by atoms with E-state index in [4.69, 9.17) is 5.73 Å². The molecular weight excluding hydrogens is 449 g/mol. The maximum atomic E-state index is 6.58. The van der Waals surface area contributed by atoms with E-state index in [0.29, 0.717) is 5.92 Å². The Morgan fingerprint density at radius 2 is 1.17 bits per heavy atom. The Morgan fingerprint density at radius 3 is 1.62 bits per heavy atom. The average molecular weight is 478 g/mol. The van der Waals surface area contributed by atoms with Gasteiger partial charge in [-0.3, -0.25) is 6.08 Å². The van der Waals surface area contributed by atoms with Gasteiger partial charge in [-0.2, -0.15) is 5.56 Å². The molecule has 0 aromatic heterocycles. The largest absolute Gasteiger partial charge is 2.00 e. The molecule has 1 unspecified atom stereocenters. The van der Waals surface area contributed by atoms with Crippen molar-refractivity contribution in [1.82, 2.24) is 0 Å². The first kappa shape index (κ1) is 35.8. The Bertz CT molecular complexity index is 907. The van der Waals surface area contributed by atoms with Crippen LogP contribution in [0.3, 0.4) is 0 Å². The zero-order chi connectivity index (χ0) is 16.6. The summed E-state index contributed by atoms with van der Waals surface area (Å²) < 4.78 is 0. The quantitative estimate of drug-likeness (QED) is 0.264. The second kappa shape index (κ2) is 15.2. The fourth-order valence-electron chi connectivity index (χ4n) is 3.49. The summed E-state index contributed by atoms with van der Waals surface area (Å²) in [6.07, 6.45) is 3.58. The molecule has 1 atom stereocenters. The third-order valence-corrected chi connectivity index (χ3v) is 4.21. The second-order valence-corrected chi connectivity index (χ2v) is 6.53. The van der Waals surface area contributed by atoms with Gasteiger partial charge in [-0.25, -0.2) is 5.57 Å². The van der Waals surface area contributed by atoms with Crippen LogP contribution in [0.2, 0.25) is 0 Å². The van der Waals surface area contributed by atoms with Crippen molar-refractivity contribution >= 4 is 38.1 Å². The Hall–Kier alpha value is -0.609. The Balaban J connectivity index is -0.000000290. The molecule has 0 heterocycles. The van der Waals surface area contributed by atoms with Gasteiger partial charge in [0.2, 0.25) is 0 Å². The fourth-order valence-corrected chi connectivity index (χ4v) is 3.49. The molecule has 4 rings (SSSR count). The van der Waals surface area contributed by atoms with E-state index in [1.165, 1.54) is 38.2 Å². The van der Waals surface area contributed by atoms with Gasteiger partial charge < -0.3 is 45.4 Å². The summed E-state index contributed by atoms with van der Waals surface area (Å²) in [5.41, 5.74) is 10.7. The van der Waals surface area contributed by atoms with Crippen molar-refractivity contribution < 1.29 is 46.5 Å². The normalized spacial score (nSPS) is 12.9. The van der Waals surface area contributed by atoms with Crippen molar-refractivity contribution in [2.24, 2.45) is 0 Å². The third-order valence-electron chi connectivity index (χ3n) is 4.21. The summed E-state index contributed by atoms with van der Waals surface area (Å²) >= 11 is 0. The van der Waals surface area contributed by atoms with E-state index < -0.39 is 0 Å². The molecular formula is C24H29Cl2NSiTi-4. The maximum Gasteiger partial charge on any atom is 2.00 e. The summed E-state index contributed by atoms with van der Waals surface area (Å²) in [6, 6.07) is 17.6. The summed E-state index contributed by atoms with van der Waals surface area (Å²) in [4.78, 5) is 0. The molecule has 5 heteroatoms. The van der Waals surface area contributed by atoms with Gasteiger partial charge in [0.15, 0.2) is 0 Å². The minimum Gasteiger partial charge on any atom is -1.00 e. The van der Waals surface area contributed by atoms with Gasteiger partial charge in [0.05, 0.1) is 0 Å². The fraction of sp³-hybridized carbons (Fsp3) is 0.250. The minimum absolute atomic E-state index is 0. The Morgan fingerprint density at radius 1 is 0.828 bits per heavy atom. The summed E-state index contributed by atoms with van der Waals surface area (Å²) in [5.74, 6) is 0.393. The molecule has 0 bridgehead atoms. The van der Waals surface area contributed by atoms with Crippen molar-refractivity contribution in [2.45, 2.75) is 39.7 Å². The van der Waals surface area contributed by atoms with Crippen molar-refractivity contribution in [1.29, 1.82) is 0 Å². The van der Waals surface area contributed by atoms with Gasteiger partial charge in [-0.05, 0) is 16.2 Å². The van der Waals surface area contributed by atoms with Crippen LogP contribution in [0.5, 0.6) is 0 Å². The van der Waals surface area contributed by atoms with Crippen molar-refractivity contribution in [3.05, 3.63) is 86.3 Å². The zero-order valence-corrected chi connectivity index (χ0v) is 22.1. The Labute approximate surface area is 209 Å². The molecule has 3 aromatic carbocycles. The van der Waals surface area contributed by atoms with Crippen molar-refractivity contribution in [3.8, 4) is 0 Å². The molecule has 3 aromatic rings. The van der Waals surface area contributed by atoms with Crippen LogP contribution in [0.1, 0.15) is 44.7 Å². The first-order valence-electron chi connectivity index (χ1n) is 8.25. The topological polar surface area (TPSA) is 23.8 Å². The molecule has 1 nitrogen and oxygen atoms in total. The van der Waals surface area contributed by atoms with Crippen LogP contribution in [0, 0.1) is 20.9 Å². The monoisotopic (exact) mass is 477 g/mol. The first-order chi connectivity index (χ1) is 11.0.